The monoisotopic (exact) mass is 268 g/mol. The molecule has 0 amide bonds. The Morgan fingerprint density at radius 2 is 1.90 bits per heavy atom. The van der Waals surface area contributed by atoms with Crippen molar-refractivity contribution in [2.45, 2.75) is 39.3 Å². The van der Waals surface area contributed by atoms with Gasteiger partial charge in [0.1, 0.15) is 0 Å². The van der Waals surface area contributed by atoms with Gasteiger partial charge >= 0.3 is 0 Å². The van der Waals surface area contributed by atoms with Gasteiger partial charge in [-0.1, -0.05) is 44.2 Å². The highest BCUT2D eigenvalue weighted by Gasteiger charge is 2.28. The number of nitrogens with zero attached hydrogens (tertiary/aromatic N) is 1. The van der Waals surface area contributed by atoms with Crippen molar-refractivity contribution in [3.8, 4) is 0 Å². The lowest BCUT2D eigenvalue weighted by atomic mass is 9.98. The highest BCUT2D eigenvalue weighted by molar-refractivity contribution is 5.96. The van der Waals surface area contributed by atoms with Gasteiger partial charge in [-0.3, -0.25) is 0 Å². The molecule has 1 aliphatic rings. The van der Waals surface area contributed by atoms with E-state index in [0.717, 1.165) is 0 Å². The van der Waals surface area contributed by atoms with E-state index in [1.54, 1.807) is 0 Å². The van der Waals surface area contributed by atoms with E-state index in [9.17, 15) is 0 Å². The maximum atomic E-state index is 5.88. The number of anilines is 1. The van der Waals surface area contributed by atoms with Crippen molar-refractivity contribution in [1.29, 1.82) is 0 Å². The summed E-state index contributed by atoms with van der Waals surface area (Å²) in [4.78, 5) is 2.60. The average Bonchev–Trinajstić information content (AvgIpc) is 2.95. The van der Waals surface area contributed by atoms with Crippen LogP contribution in [0.1, 0.15) is 32.3 Å². The van der Waals surface area contributed by atoms with Crippen LogP contribution in [0.3, 0.4) is 0 Å². The summed E-state index contributed by atoms with van der Waals surface area (Å²) in [7, 11) is 0. The zero-order valence-electron chi connectivity index (χ0n) is 12.5. The fourth-order valence-corrected chi connectivity index (χ4v) is 3.56. The van der Waals surface area contributed by atoms with Gasteiger partial charge in [0.2, 0.25) is 0 Å². The van der Waals surface area contributed by atoms with Crippen LogP contribution in [0.5, 0.6) is 0 Å². The lowest BCUT2D eigenvalue weighted by Crippen LogP contribution is -2.33. The standard InChI is InChI=1S/C18H24N2/c1-13(2)17-8-5-11-20(17)18-10-9-14(12-19)15-6-3-4-7-16(15)18/h3-4,6-7,9-10,13,17H,5,8,11-12,19H2,1-2H3. The van der Waals surface area contributed by atoms with E-state index in [2.05, 4.69) is 55.1 Å². The van der Waals surface area contributed by atoms with Gasteiger partial charge in [0.25, 0.3) is 0 Å². The van der Waals surface area contributed by atoms with Gasteiger partial charge in [0.05, 0.1) is 0 Å². The van der Waals surface area contributed by atoms with Crippen LogP contribution in [-0.4, -0.2) is 12.6 Å². The molecule has 2 N–H and O–H groups in total. The summed E-state index contributed by atoms with van der Waals surface area (Å²) in [6.45, 7) is 6.45. The van der Waals surface area contributed by atoms with Crippen molar-refractivity contribution in [2.24, 2.45) is 11.7 Å². The molecule has 1 aliphatic heterocycles. The topological polar surface area (TPSA) is 29.3 Å². The Morgan fingerprint density at radius 1 is 1.15 bits per heavy atom. The summed E-state index contributed by atoms with van der Waals surface area (Å²) < 4.78 is 0. The molecule has 0 saturated carbocycles. The van der Waals surface area contributed by atoms with Crippen LogP contribution in [0, 0.1) is 5.92 Å². The summed E-state index contributed by atoms with van der Waals surface area (Å²) in [5.41, 5.74) is 8.51. The summed E-state index contributed by atoms with van der Waals surface area (Å²) in [6, 6.07) is 13.8. The van der Waals surface area contributed by atoms with Gasteiger partial charge in [-0.25, -0.2) is 0 Å². The molecule has 20 heavy (non-hydrogen) atoms. The van der Waals surface area contributed by atoms with Gasteiger partial charge in [0, 0.05) is 30.2 Å². The Balaban J connectivity index is 2.12. The smallest absolute Gasteiger partial charge is 0.0448 e. The molecule has 1 fully saturated rings. The van der Waals surface area contributed by atoms with Crippen LogP contribution in [0.2, 0.25) is 0 Å². The average molecular weight is 268 g/mol. The maximum absolute atomic E-state index is 5.88. The van der Waals surface area contributed by atoms with Crippen LogP contribution >= 0.6 is 0 Å². The van der Waals surface area contributed by atoms with Gasteiger partial charge in [-0.2, -0.15) is 0 Å². The Morgan fingerprint density at radius 3 is 2.60 bits per heavy atom. The molecule has 0 aromatic heterocycles. The van der Waals surface area contributed by atoms with Gasteiger partial charge in [-0.15, -0.1) is 0 Å². The Labute approximate surface area is 121 Å². The molecule has 1 unspecified atom stereocenters. The van der Waals surface area contributed by atoms with E-state index < -0.39 is 0 Å². The summed E-state index contributed by atoms with van der Waals surface area (Å²) in [5.74, 6) is 0.699. The molecule has 2 aromatic carbocycles. The molecule has 0 bridgehead atoms. The molecule has 1 atom stereocenters. The third-order valence-corrected chi connectivity index (χ3v) is 4.59. The molecule has 1 heterocycles. The highest BCUT2D eigenvalue weighted by atomic mass is 15.2. The van der Waals surface area contributed by atoms with Crippen molar-refractivity contribution in [3.05, 3.63) is 42.0 Å². The Kier molecular flexibility index (Phi) is 3.66. The van der Waals surface area contributed by atoms with Crippen molar-refractivity contribution in [1.82, 2.24) is 0 Å². The second kappa shape index (κ2) is 5.45. The highest BCUT2D eigenvalue weighted by Crippen LogP contribution is 2.35. The van der Waals surface area contributed by atoms with Gasteiger partial charge in [0.15, 0.2) is 0 Å². The number of nitrogens with two attached hydrogens (primary N) is 1. The normalized spacial score (nSPS) is 19.2. The van der Waals surface area contributed by atoms with Crippen molar-refractivity contribution in [2.75, 3.05) is 11.4 Å². The largest absolute Gasteiger partial charge is 0.368 e. The number of rotatable bonds is 3. The third kappa shape index (κ3) is 2.18. The molecule has 2 nitrogen and oxygen atoms in total. The first-order chi connectivity index (χ1) is 9.72. The van der Waals surface area contributed by atoms with Crippen molar-refractivity contribution in [3.63, 3.8) is 0 Å². The van der Waals surface area contributed by atoms with E-state index in [1.807, 2.05) is 0 Å². The van der Waals surface area contributed by atoms with Crippen molar-refractivity contribution >= 4 is 16.5 Å². The van der Waals surface area contributed by atoms with E-state index >= 15 is 0 Å². The molecular weight excluding hydrogens is 244 g/mol. The van der Waals surface area contributed by atoms with Crippen LogP contribution in [0.4, 0.5) is 5.69 Å². The summed E-state index contributed by atoms with van der Waals surface area (Å²) in [5, 5.41) is 2.66. The summed E-state index contributed by atoms with van der Waals surface area (Å²) in [6.07, 6.45) is 2.61. The number of hydrogen-bond donors (Lipinski definition) is 1. The Bertz CT molecular complexity index is 603. The van der Waals surface area contributed by atoms with Crippen LogP contribution in [-0.2, 0) is 6.54 Å². The molecule has 2 heteroatoms. The fourth-order valence-electron chi connectivity index (χ4n) is 3.56. The second-order valence-corrected chi connectivity index (χ2v) is 6.14. The number of benzene rings is 2. The van der Waals surface area contributed by atoms with Crippen LogP contribution in [0.15, 0.2) is 36.4 Å². The molecular formula is C18H24N2. The van der Waals surface area contributed by atoms with E-state index in [-0.39, 0.29) is 0 Å². The first-order valence-electron chi connectivity index (χ1n) is 7.69. The first kappa shape index (κ1) is 13.4. The molecule has 1 saturated heterocycles. The minimum atomic E-state index is 0.606. The number of hydrogen-bond acceptors (Lipinski definition) is 2. The summed E-state index contributed by atoms with van der Waals surface area (Å²) >= 11 is 0. The third-order valence-electron chi connectivity index (χ3n) is 4.59. The zero-order chi connectivity index (χ0) is 14.1. The van der Waals surface area contributed by atoms with Gasteiger partial charge < -0.3 is 10.6 Å². The quantitative estimate of drug-likeness (QED) is 0.914. The minimum absolute atomic E-state index is 0.606. The fraction of sp³-hybridized carbons (Fsp3) is 0.444. The second-order valence-electron chi connectivity index (χ2n) is 6.14. The number of fused-ring (bicyclic) bond motifs is 1. The van der Waals surface area contributed by atoms with E-state index in [0.29, 0.717) is 18.5 Å². The predicted octanol–water partition coefficient (Wildman–Crippen LogP) is 3.92. The Hall–Kier alpha value is -1.54. The molecule has 106 valence electrons. The lowest BCUT2D eigenvalue weighted by Gasteiger charge is -2.31. The first-order valence-corrected chi connectivity index (χ1v) is 7.69. The maximum Gasteiger partial charge on any atom is 0.0448 e. The minimum Gasteiger partial charge on any atom is -0.368 e. The van der Waals surface area contributed by atoms with Crippen LogP contribution in [0.25, 0.3) is 10.8 Å². The zero-order valence-corrected chi connectivity index (χ0v) is 12.5. The van der Waals surface area contributed by atoms with Crippen LogP contribution < -0.4 is 10.6 Å². The molecule has 0 radical (unpaired) electrons. The SMILES string of the molecule is CC(C)C1CCCN1c1ccc(CN)c2ccccc12. The molecule has 0 spiro atoms. The van der Waals surface area contributed by atoms with Crippen molar-refractivity contribution < 1.29 is 0 Å². The predicted molar refractivity (Wildman–Crippen MR) is 87.0 cm³/mol. The molecule has 0 aliphatic carbocycles. The van der Waals surface area contributed by atoms with E-state index in [4.69, 9.17) is 5.73 Å². The molecule has 2 aromatic rings. The molecule has 3 rings (SSSR count). The van der Waals surface area contributed by atoms with E-state index in [1.165, 1.54) is 41.4 Å². The lowest BCUT2D eigenvalue weighted by molar-refractivity contribution is 0.492. The van der Waals surface area contributed by atoms with Gasteiger partial charge in [-0.05, 0) is 35.8 Å².